The zero-order valence-electron chi connectivity index (χ0n) is 11.3. The largest absolute Gasteiger partial charge is 0.469 e. The molecule has 0 aliphatic heterocycles. The number of nitrogens with zero attached hydrogens (tertiary/aromatic N) is 3. The monoisotopic (exact) mass is 286 g/mol. The fourth-order valence-electron chi connectivity index (χ4n) is 1.28. The summed E-state index contributed by atoms with van der Waals surface area (Å²) in [6.07, 6.45) is 1.82. The van der Waals surface area contributed by atoms with Crippen LogP contribution in [0.25, 0.3) is 0 Å². The van der Waals surface area contributed by atoms with Crippen LogP contribution in [0.4, 0.5) is 0 Å². The average molecular weight is 286 g/mol. The normalized spacial score (nSPS) is 10.5. The van der Waals surface area contributed by atoms with Gasteiger partial charge in [0.1, 0.15) is 6.33 Å². The maximum Gasteiger partial charge on any atom is 0.307 e. The molecule has 0 saturated carbocycles. The third-order valence-corrected chi connectivity index (χ3v) is 3.27. The SMILES string of the molecule is COC(=O)CCNC(=O)CSc1nncn1C(C)C. The molecule has 1 aromatic heterocycles. The van der Waals surface area contributed by atoms with Crippen LogP contribution >= 0.6 is 11.8 Å². The Kier molecular flexibility index (Phi) is 6.34. The Morgan fingerprint density at radius 3 is 2.89 bits per heavy atom. The van der Waals surface area contributed by atoms with Crippen molar-refractivity contribution < 1.29 is 14.3 Å². The first-order valence-electron chi connectivity index (χ1n) is 5.90. The predicted octanol–water partition coefficient (Wildman–Crippen LogP) is 0.630. The van der Waals surface area contributed by atoms with E-state index in [2.05, 4.69) is 20.3 Å². The minimum atomic E-state index is -0.340. The molecule has 0 radical (unpaired) electrons. The van der Waals surface area contributed by atoms with Crippen LogP contribution in [0.1, 0.15) is 26.3 Å². The van der Waals surface area contributed by atoms with E-state index >= 15 is 0 Å². The summed E-state index contributed by atoms with van der Waals surface area (Å²) in [6, 6.07) is 0.250. The molecule has 0 aliphatic rings. The van der Waals surface area contributed by atoms with Crippen LogP contribution in [0.5, 0.6) is 0 Å². The number of ether oxygens (including phenoxy) is 1. The summed E-state index contributed by atoms with van der Waals surface area (Å²) in [5, 5.41) is 11.1. The molecule has 1 rings (SSSR count). The molecule has 0 atom stereocenters. The van der Waals surface area contributed by atoms with E-state index in [0.717, 1.165) is 0 Å². The maximum absolute atomic E-state index is 11.5. The van der Waals surface area contributed by atoms with Gasteiger partial charge in [0.15, 0.2) is 5.16 Å². The highest BCUT2D eigenvalue weighted by atomic mass is 32.2. The lowest BCUT2D eigenvalue weighted by Crippen LogP contribution is -2.28. The van der Waals surface area contributed by atoms with Crippen molar-refractivity contribution in [3.05, 3.63) is 6.33 Å². The summed E-state index contributed by atoms with van der Waals surface area (Å²) in [5.74, 6) is -0.244. The van der Waals surface area contributed by atoms with Crippen LogP contribution in [0.15, 0.2) is 11.5 Å². The van der Waals surface area contributed by atoms with Crippen LogP contribution in [0.3, 0.4) is 0 Å². The third-order valence-electron chi connectivity index (χ3n) is 2.31. The molecule has 1 N–H and O–H groups in total. The Hall–Kier alpha value is -1.57. The molecule has 19 heavy (non-hydrogen) atoms. The van der Waals surface area contributed by atoms with Crippen molar-refractivity contribution in [3.63, 3.8) is 0 Å². The molecule has 0 spiro atoms. The van der Waals surface area contributed by atoms with E-state index in [0.29, 0.717) is 5.16 Å². The third kappa shape index (κ3) is 5.29. The molecule has 8 heteroatoms. The standard InChI is InChI=1S/C11H18N4O3S/c1-8(2)15-7-13-14-11(15)19-6-9(16)12-5-4-10(17)18-3/h7-8H,4-6H2,1-3H3,(H,12,16). The van der Waals surface area contributed by atoms with E-state index in [-0.39, 0.29) is 36.6 Å². The van der Waals surface area contributed by atoms with Crippen molar-refractivity contribution in [2.75, 3.05) is 19.4 Å². The van der Waals surface area contributed by atoms with E-state index < -0.39 is 0 Å². The Balaban J connectivity index is 2.30. The van der Waals surface area contributed by atoms with Crippen LogP contribution in [-0.4, -0.2) is 46.0 Å². The minimum Gasteiger partial charge on any atom is -0.469 e. The lowest BCUT2D eigenvalue weighted by atomic mass is 10.4. The van der Waals surface area contributed by atoms with Gasteiger partial charge in [-0.15, -0.1) is 10.2 Å². The number of hydrogen-bond acceptors (Lipinski definition) is 6. The molecule has 0 unspecified atom stereocenters. The molecule has 106 valence electrons. The first-order chi connectivity index (χ1) is 9.04. The van der Waals surface area contributed by atoms with Gasteiger partial charge in [0.05, 0.1) is 19.3 Å². The maximum atomic E-state index is 11.5. The van der Waals surface area contributed by atoms with Crippen molar-refractivity contribution in [2.24, 2.45) is 0 Å². The smallest absolute Gasteiger partial charge is 0.307 e. The van der Waals surface area contributed by atoms with Gasteiger partial charge in [-0.1, -0.05) is 11.8 Å². The number of aromatic nitrogens is 3. The number of rotatable bonds is 7. The van der Waals surface area contributed by atoms with Gasteiger partial charge in [0.25, 0.3) is 0 Å². The Labute approximate surface area is 116 Å². The summed E-state index contributed by atoms with van der Waals surface area (Å²) in [7, 11) is 1.32. The van der Waals surface area contributed by atoms with Gasteiger partial charge in [0, 0.05) is 12.6 Å². The molecule has 0 aliphatic carbocycles. The van der Waals surface area contributed by atoms with Crippen LogP contribution in [-0.2, 0) is 14.3 Å². The molecule has 1 aromatic rings. The van der Waals surface area contributed by atoms with Gasteiger partial charge in [-0.3, -0.25) is 9.59 Å². The highest BCUT2D eigenvalue weighted by Gasteiger charge is 2.10. The van der Waals surface area contributed by atoms with E-state index in [1.165, 1.54) is 18.9 Å². The molecule has 7 nitrogen and oxygen atoms in total. The fraction of sp³-hybridized carbons (Fsp3) is 0.636. The van der Waals surface area contributed by atoms with Gasteiger partial charge < -0.3 is 14.6 Å². The number of carbonyl (C=O) groups is 2. The zero-order chi connectivity index (χ0) is 14.3. The summed E-state index contributed by atoms with van der Waals surface area (Å²) in [5.41, 5.74) is 0. The zero-order valence-corrected chi connectivity index (χ0v) is 12.1. The Morgan fingerprint density at radius 2 is 2.26 bits per heavy atom. The quantitative estimate of drug-likeness (QED) is 0.584. The molecule has 1 heterocycles. The number of methoxy groups -OCH3 is 1. The van der Waals surface area contributed by atoms with E-state index in [9.17, 15) is 9.59 Å². The number of nitrogens with one attached hydrogen (secondary N) is 1. The number of carbonyl (C=O) groups excluding carboxylic acids is 2. The number of esters is 1. The molecule has 0 aromatic carbocycles. The summed E-state index contributed by atoms with van der Waals surface area (Å²) < 4.78 is 6.37. The van der Waals surface area contributed by atoms with Gasteiger partial charge in [-0.05, 0) is 13.8 Å². The second-order valence-electron chi connectivity index (χ2n) is 4.08. The van der Waals surface area contributed by atoms with Gasteiger partial charge >= 0.3 is 5.97 Å². The second kappa shape index (κ2) is 7.78. The van der Waals surface area contributed by atoms with E-state index in [4.69, 9.17) is 0 Å². The molecular formula is C11H18N4O3S. The Morgan fingerprint density at radius 1 is 1.53 bits per heavy atom. The highest BCUT2D eigenvalue weighted by Crippen LogP contribution is 2.18. The van der Waals surface area contributed by atoms with Crippen LogP contribution in [0, 0.1) is 0 Å². The number of thioether (sulfide) groups is 1. The molecule has 0 bridgehead atoms. The second-order valence-corrected chi connectivity index (χ2v) is 5.02. The molecule has 1 amide bonds. The van der Waals surface area contributed by atoms with Crippen LogP contribution in [0.2, 0.25) is 0 Å². The summed E-state index contributed by atoms with van der Waals surface area (Å²) in [4.78, 5) is 22.4. The van der Waals surface area contributed by atoms with Gasteiger partial charge in [0.2, 0.25) is 5.91 Å². The lowest BCUT2D eigenvalue weighted by molar-refractivity contribution is -0.140. The van der Waals surface area contributed by atoms with Crippen LogP contribution < -0.4 is 5.32 Å². The number of hydrogen-bond donors (Lipinski definition) is 1. The summed E-state index contributed by atoms with van der Waals surface area (Å²) in [6.45, 7) is 4.32. The molecular weight excluding hydrogens is 268 g/mol. The first kappa shape index (κ1) is 15.5. The minimum absolute atomic E-state index is 0.146. The van der Waals surface area contributed by atoms with Crippen molar-refractivity contribution in [2.45, 2.75) is 31.5 Å². The van der Waals surface area contributed by atoms with Crippen molar-refractivity contribution in [3.8, 4) is 0 Å². The summed E-state index contributed by atoms with van der Waals surface area (Å²) >= 11 is 1.32. The average Bonchev–Trinajstić information content (AvgIpc) is 2.84. The fourth-order valence-corrected chi connectivity index (χ4v) is 2.15. The van der Waals surface area contributed by atoms with Gasteiger partial charge in [-0.25, -0.2) is 0 Å². The highest BCUT2D eigenvalue weighted by molar-refractivity contribution is 7.99. The van der Waals surface area contributed by atoms with E-state index in [1.54, 1.807) is 6.33 Å². The van der Waals surface area contributed by atoms with E-state index in [1.807, 2.05) is 18.4 Å². The number of amides is 1. The molecule has 0 fully saturated rings. The molecule has 0 saturated heterocycles. The lowest BCUT2D eigenvalue weighted by Gasteiger charge is -2.09. The van der Waals surface area contributed by atoms with Crippen molar-refractivity contribution >= 4 is 23.6 Å². The van der Waals surface area contributed by atoms with Crippen molar-refractivity contribution in [1.29, 1.82) is 0 Å². The van der Waals surface area contributed by atoms with Crippen molar-refractivity contribution in [1.82, 2.24) is 20.1 Å². The van der Waals surface area contributed by atoms with Gasteiger partial charge in [-0.2, -0.15) is 0 Å². The topological polar surface area (TPSA) is 86.1 Å². The predicted molar refractivity (Wildman–Crippen MR) is 70.8 cm³/mol. The Bertz CT molecular complexity index is 433. The first-order valence-corrected chi connectivity index (χ1v) is 6.89.